The minimum absolute atomic E-state index is 0.200. The summed E-state index contributed by atoms with van der Waals surface area (Å²) in [7, 11) is 1.86. The van der Waals surface area contributed by atoms with Crippen molar-refractivity contribution in [1.82, 2.24) is 20.1 Å². The molecule has 0 spiro atoms. The highest BCUT2D eigenvalue weighted by atomic mass is 16.6. The maximum absolute atomic E-state index is 13.0. The van der Waals surface area contributed by atoms with E-state index in [1.165, 1.54) is 5.56 Å². The van der Waals surface area contributed by atoms with Gasteiger partial charge in [0.15, 0.2) is 5.60 Å². The number of hydrogen-bond donors (Lipinski definition) is 1. The molecule has 0 unspecified atom stereocenters. The first-order chi connectivity index (χ1) is 13.3. The van der Waals surface area contributed by atoms with Crippen LogP contribution in [-0.2, 0) is 17.9 Å². The summed E-state index contributed by atoms with van der Waals surface area (Å²) < 4.78 is 4.72. The molecule has 152 valence electrons. The molecule has 1 atom stereocenters. The van der Waals surface area contributed by atoms with Gasteiger partial charge in [0.2, 0.25) is 0 Å². The molecule has 1 fully saturated rings. The van der Waals surface area contributed by atoms with Gasteiger partial charge < -0.3 is 10.0 Å². The number of amides is 1. The summed E-state index contributed by atoms with van der Waals surface area (Å²) in [6, 6.07) is 8.37. The van der Waals surface area contributed by atoms with Gasteiger partial charge in [-0.25, -0.2) is 4.63 Å². The number of carbonyl (C=O) groups is 1. The summed E-state index contributed by atoms with van der Waals surface area (Å²) in [6.07, 6.45) is 1.25. The topological polar surface area (TPSA) is 82.7 Å². The summed E-state index contributed by atoms with van der Waals surface area (Å²) >= 11 is 0. The SMILES string of the molecule is Cc1nonc1CN(C)C[C@@]1(O)CCCN(Cc2ccc(C(C)C)cc2)C1=O. The van der Waals surface area contributed by atoms with E-state index in [1.807, 2.05) is 18.9 Å². The third-order valence-electron chi connectivity index (χ3n) is 5.42. The Labute approximate surface area is 166 Å². The van der Waals surface area contributed by atoms with Crippen molar-refractivity contribution in [1.29, 1.82) is 0 Å². The molecule has 7 nitrogen and oxygen atoms in total. The van der Waals surface area contributed by atoms with Crippen LogP contribution in [0.1, 0.15) is 55.1 Å². The first-order valence-corrected chi connectivity index (χ1v) is 9.85. The molecular weight excluding hydrogens is 356 g/mol. The van der Waals surface area contributed by atoms with Crippen molar-refractivity contribution in [2.24, 2.45) is 0 Å². The standard InChI is InChI=1S/C21H30N4O3/c1-15(2)18-8-6-17(7-9-18)12-25-11-5-10-21(27,20(25)26)14-24(4)13-19-16(3)22-28-23-19/h6-9,15,27H,5,10-14H2,1-4H3/t21-/m0/s1. The number of aliphatic hydroxyl groups is 1. The first kappa shape index (κ1) is 20.5. The summed E-state index contributed by atoms with van der Waals surface area (Å²) in [5.74, 6) is 0.281. The number of nitrogens with zero attached hydrogens (tertiary/aromatic N) is 4. The van der Waals surface area contributed by atoms with Gasteiger partial charge in [-0.2, -0.15) is 0 Å². The van der Waals surface area contributed by atoms with E-state index in [0.29, 0.717) is 32.0 Å². The fourth-order valence-corrected chi connectivity index (χ4v) is 3.74. The molecule has 1 amide bonds. The minimum Gasteiger partial charge on any atom is -0.379 e. The fourth-order valence-electron chi connectivity index (χ4n) is 3.74. The Morgan fingerprint density at radius 2 is 2.00 bits per heavy atom. The molecular formula is C21H30N4O3. The van der Waals surface area contributed by atoms with Gasteiger partial charge in [0.25, 0.3) is 5.91 Å². The molecule has 0 radical (unpaired) electrons. The van der Waals surface area contributed by atoms with E-state index in [-0.39, 0.29) is 12.5 Å². The van der Waals surface area contributed by atoms with Crippen LogP contribution in [0.25, 0.3) is 0 Å². The maximum atomic E-state index is 13.0. The molecule has 1 aliphatic rings. The van der Waals surface area contributed by atoms with E-state index in [1.54, 1.807) is 4.90 Å². The second kappa shape index (κ2) is 8.41. The highest BCUT2D eigenvalue weighted by molar-refractivity contribution is 5.86. The second-order valence-corrected chi connectivity index (χ2v) is 8.23. The van der Waals surface area contributed by atoms with E-state index in [0.717, 1.165) is 23.4 Å². The average Bonchev–Trinajstić information content (AvgIpc) is 3.04. The lowest BCUT2D eigenvalue weighted by Gasteiger charge is -2.40. The van der Waals surface area contributed by atoms with Crippen LogP contribution in [0.2, 0.25) is 0 Å². The van der Waals surface area contributed by atoms with Gasteiger partial charge in [-0.3, -0.25) is 9.69 Å². The number of benzene rings is 1. The first-order valence-electron chi connectivity index (χ1n) is 9.85. The van der Waals surface area contributed by atoms with Crippen molar-refractivity contribution in [3.8, 4) is 0 Å². The molecule has 0 saturated carbocycles. The van der Waals surface area contributed by atoms with Crippen molar-refractivity contribution < 1.29 is 14.5 Å². The van der Waals surface area contributed by atoms with Crippen LogP contribution in [0.3, 0.4) is 0 Å². The number of aromatic nitrogens is 2. The van der Waals surface area contributed by atoms with Gasteiger partial charge in [0, 0.05) is 26.2 Å². The van der Waals surface area contributed by atoms with Crippen molar-refractivity contribution in [2.75, 3.05) is 20.1 Å². The Hall–Kier alpha value is -2.25. The van der Waals surface area contributed by atoms with Crippen LogP contribution in [-0.4, -0.2) is 56.9 Å². The zero-order valence-corrected chi connectivity index (χ0v) is 17.2. The van der Waals surface area contributed by atoms with Crippen LogP contribution in [0.4, 0.5) is 0 Å². The zero-order valence-electron chi connectivity index (χ0n) is 17.2. The highest BCUT2D eigenvalue weighted by Crippen LogP contribution is 2.26. The molecule has 0 bridgehead atoms. The summed E-state index contributed by atoms with van der Waals surface area (Å²) in [5, 5.41) is 18.7. The fraction of sp³-hybridized carbons (Fsp3) is 0.571. The van der Waals surface area contributed by atoms with Crippen molar-refractivity contribution >= 4 is 5.91 Å². The quantitative estimate of drug-likeness (QED) is 0.787. The molecule has 2 aromatic rings. The normalized spacial score (nSPS) is 20.4. The lowest BCUT2D eigenvalue weighted by molar-refractivity contribution is -0.160. The van der Waals surface area contributed by atoms with E-state index < -0.39 is 5.60 Å². The Morgan fingerprint density at radius 1 is 1.29 bits per heavy atom. The minimum atomic E-state index is -1.38. The van der Waals surface area contributed by atoms with Crippen LogP contribution in [0.15, 0.2) is 28.9 Å². The van der Waals surface area contributed by atoms with E-state index in [4.69, 9.17) is 4.63 Å². The van der Waals surface area contributed by atoms with Gasteiger partial charge in [-0.15, -0.1) is 0 Å². The third kappa shape index (κ3) is 4.59. The van der Waals surface area contributed by atoms with Gasteiger partial charge in [-0.1, -0.05) is 48.4 Å². The van der Waals surface area contributed by atoms with E-state index >= 15 is 0 Å². The van der Waals surface area contributed by atoms with Gasteiger partial charge in [0.05, 0.1) is 0 Å². The molecule has 7 heteroatoms. The number of carbonyl (C=O) groups excluding carboxylic acids is 1. The molecule has 2 heterocycles. The van der Waals surface area contributed by atoms with Crippen molar-refractivity contribution in [2.45, 2.75) is 58.2 Å². The molecule has 1 aromatic heterocycles. The molecule has 3 rings (SSSR count). The third-order valence-corrected chi connectivity index (χ3v) is 5.42. The largest absolute Gasteiger partial charge is 0.379 e. The van der Waals surface area contributed by atoms with Crippen molar-refractivity contribution in [3.63, 3.8) is 0 Å². The number of likely N-dealkylation sites (N-methyl/N-ethyl adjacent to an activating group) is 1. The Balaban J connectivity index is 1.64. The number of hydrogen-bond acceptors (Lipinski definition) is 6. The Bertz CT molecular complexity index is 802. The number of aryl methyl sites for hydroxylation is 1. The number of piperidine rings is 1. The predicted octanol–water partition coefficient (Wildman–Crippen LogP) is 2.49. The molecule has 1 saturated heterocycles. The predicted molar refractivity (Wildman–Crippen MR) is 106 cm³/mol. The van der Waals surface area contributed by atoms with E-state index in [2.05, 4.69) is 48.4 Å². The lowest BCUT2D eigenvalue weighted by atomic mass is 9.90. The highest BCUT2D eigenvalue weighted by Gasteiger charge is 2.42. The van der Waals surface area contributed by atoms with Gasteiger partial charge >= 0.3 is 0 Å². The molecule has 28 heavy (non-hydrogen) atoms. The van der Waals surface area contributed by atoms with Crippen LogP contribution in [0.5, 0.6) is 0 Å². The molecule has 1 aliphatic heterocycles. The maximum Gasteiger partial charge on any atom is 0.256 e. The molecule has 1 N–H and O–H groups in total. The van der Waals surface area contributed by atoms with Crippen LogP contribution >= 0.6 is 0 Å². The molecule has 0 aliphatic carbocycles. The van der Waals surface area contributed by atoms with E-state index in [9.17, 15) is 9.90 Å². The molecule has 1 aromatic carbocycles. The van der Waals surface area contributed by atoms with Crippen molar-refractivity contribution in [3.05, 3.63) is 46.8 Å². The smallest absolute Gasteiger partial charge is 0.256 e. The number of likely N-dealkylation sites (tertiary alicyclic amines) is 1. The van der Waals surface area contributed by atoms with Gasteiger partial charge in [0.1, 0.15) is 11.4 Å². The number of rotatable bonds is 7. The summed E-state index contributed by atoms with van der Waals surface area (Å²) in [4.78, 5) is 16.7. The van der Waals surface area contributed by atoms with Gasteiger partial charge in [-0.05, 0) is 43.9 Å². The summed E-state index contributed by atoms with van der Waals surface area (Å²) in [6.45, 7) is 8.07. The zero-order chi connectivity index (χ0) is 20.3. The summed E-state index contributed by atoms with van der Waals surface area (Å²) in [5.41, 5.74) is 2.43. The second-order valence-electron chi connectivity index (χ2n) is 8.23. The Morgan fingerprint density at radius 3 is 2.61 bits per heavy atom. The average molecular weight is 386 g/mol. The van der Waals surface area contributed by atoms with Crippen LogP contribution in [0, 0.1) is 6.92 Å². The Kier molecular flexibility index (Phi) is 6.15. The monoisotopic (exact) mass is 386 g/mol. The lowest BCUT2D eigenvalue weighted by Crippen LogP contribution is -2.57. The van der Waals surface area contributed by atoms with Crippen LogP contribution < -0.4 is 0 Å².